The van der Waals surface area contributed by atoms with Crippen LogP contribution >= 0.6 is 0 Å². The fourth-order valence-electron chi connectivity index (χ4n) is 3.41. The summed E-state index contributed by atoms with van der Waals surface area (Å²) in [6.07, 6.45) is 0.257. The standard InChI is InChI=1S/C24H31NO5/c1-24(2,3)30-23(26)25-15-20(28-16-18-10-6-5-7-11-18)14-19(25)17-29-22-13-9-8-12-21(22)27-4/h5-13,19-20H,14-17H2,1-4H3. The highest BCUT2D eigenvalue weighted by Crippen LogP contribution is 2.29. The van der Waals surface area contributed by atoms with E-state index in [4.69, 9.17) is 18.9 Å². The van der Waals surface area contributed by atoms with Gasteiger partial charge in [0.25, 0.3) is 0 Å². The first kappa shape index (κ1) is 22.0. The van der Waals surface area contributed by atoms with E-state index >= 15 is 0 Å². The van der Waals surface area contributed by atoms with Crippen LogP contribution in [0, 0.1) is 0 Å². The average Bonchev–Trinajstić information content (AvgIpc) is 3.14. The van der Waals surface area contributed by atoms with Crippen LogP contribution in [-0.4, -0.2) is 49.0 Å². The molecule has 0 bridgehead atoms. The lowest BCUT2D eigenvalue weighted by Gasteiger charge is -2.28. The van der Waals surface area contributed by atoms with E-state index < -0.39 is 5.60 Å². The molecular weight excluding hydrogens is 382 g/mol. The van der Waals surface area contributed by atoms with E-state index in [1.807, 2.05) is 75.4 Å². The summed E-state index contributed by atoms with van der Waals surface area (Å²) in [4.78, 5) is 14.5. The van der Waals surface area contributed by atoms with Crippen LogP contribution in [0.15, 0.2) is 54.6 Å². The molecule has 30 heavy (non-hydrogen) atoms. The lowest BCUT2D eigenvalue weighted by molar-refractivity contribution is 0.0127. The predicted octanol–water partition coefficient (Wildman–Crippen LogP) is 4.67. The van der Waals surface area contributed by atoms with Gasteiger partial charge in [-0.05, 0) is 44.9 Å². The minimum Gasteiger partial charge on any atom is -0.493 e. The van der Waals surface area contributed by atoms with Crippen molar-refractivity contribution in [2.75, 3.05) is 20.3 Å². The monoisotopic (exact) mass is 413 g/mol. The molecule has 162 valence electrons. The van der Waals surface area contributed by atoms with Gasteiger partial charge in [-0.2, -0.15) is 0 Å². The van der Waals surface area contributed by atoms with Crippen molar-refractivity contribution < 1.29 is 23.7 Å². The normalized spacial score (nSPS) is 18.9. The Morgan fingerprint density at radius 3 is 2.37 bits per heavy atom. The SMILES string of the molecule is COc1ccccc1OCC1CC(OCc2ccccc2)CN1C(=O)OC(C)(C)C. The van der Waals surface area contributed by atoms with E-state index in [-0.39, 0.29) is 18.2 Å². The Hall–Kier alpha value is -2.73. The van der Waals surface area contributed by atoms with Crippen LogP contribution in [0.3, 0.4) is 0 Å². The minimum absolute atomic E-state index is 0.0796. The van der Waals surface area contributed by atoms with Crippen molar-refractivity contribution in [1.29, 1.82) is 0 Å². The van der Waals surface area contributed by atoms with E-state index in [0.717, 1.165) is 5.56 Å². The zero-order valence-electron chi connectivity index (χ0n) is 18.2. The first-order chi connectivity index (χ1) is 14.4. The van der Waals surface area contributed by atoms with Crippen molar-refractivity contribution in [2.45, 2.75) is 51.5 Å². The molecule has 2 atom stereocenters. The van der Waals surface area contributed by atoms with Gasteiger partial charge in [-0.3, -0.25) is 4.90 Å². The number of para-hydroxylation sites is 2. The number of rotatable bonds is 7. The van der Waals surface area contributed by atoms with Gasteiger partial charge in [0.2, 0.25) is 0 Å². The molecule has 1 saturated heterocycles. The van der Waals surface area contributed by atoms with Crippen molar-refractivity contribution in [3.05, 3.63) is 60.2 Å². The quantitative estimate of drug-likeness (QED) is 0.660. The topological polar surface area (TPSA) is 57.2 Å². The summed E-state index contributed by atoms with van der Waals surface area (Å²) in [6.45, 7) is 6.92. The van der Waals surface area contributed by atoms with Gasteiger partial charge in [0.05, 0.1) is 32.4 Å². The molecule has 1 amide bonds. The Morgan fingerprint density at radius 2 is 1.70 bits per heavy atom. The number of ether oxygens (including phenoxy) is 4. The molecule has 2 aromatic rings. The summed E-state index contributed by atoms with van der Waals surface area (Å²) in [5.74, 6) is 1.31. The van der Waals surface area contributed by atoms with Gasteiger partial charge in [0, 0.05) is 0 Å². The molecule has 0 aliphatic carbocycles. The molecule has 0 radical (unpaired) electrons. The Bertz CT molecular complexity index is 818. The number of methoxy groups -OCH3 is 1. The fourth-order valence-corrected chi connectivity index (χ4v) is 3.41. The molecule has 1 aliphatic heterocycles. The van der Waals surface area contributed by atoms with Gasteiger partial charge in [-0.1, -0.05) is 42.5 Å². The lowest BCUT2D eigenvalue weighted by Crippen LogP contribution is -2.42. The maximum absolute atomic E-state index is 12.8. The van der Waals surface area contributed by atoms with Gasteiger partial charge in [0.1, 0.15) is 12.2 Å². The first-order valence-electron chi connectivity index (χ1n) is 10.3. The van der Waals surface area contributed by atoms with Crippen LogP contribution < -0.4 is 9.47 Å². The molecule has 1 aliphatic rings. The molecule has 3 rings (SSSR count). The van der Waals surface area contributed by atoms with Crippen LogP contribution in [0.2, 0.25) is 0 Å². The number of hydrogen-bond acceptors (Lipinski definition) is 5. The summed E-state index contributed by atoms with van der Waals surface area (Å²) in [6, 6.07) is 17.4. The van der Waals surface area contributed by atoms with Crippen LogP contribution in [0.1, 0.15) is 32.8 Å². The summed E-state index contributed by atoms with van der Waals surface area (Å²) in [5, 5.41) is 0. The number of carbonyl (C=O) groups excluding carboxylic acids is 1. The predicted molar refractivity (Wildman–Crippen MR) is 115 cm³/mol. The number of likely N-dealkylation sites (tertiary alicyclic amines) is 1. The molecular formula is C24H31NO5. The average molecular weight is 414 g/mol. The molecule has 0 saturated carbocycles. The maximum atomic E-state index is 12.8. The second kappa shape index (κ2) is 9.85. The van der Waals surface area contributed by atoms with Gasteiger partial charge in [-0.25, -0.2) is 4.79 Å². The van der Waals surface area contributed by atoms with Crippen molar-refractivity contribution in [2.24, 2.45) is 0 Å². The Morgan fingerprint density at radius 1 is 1.03 bits per heavy atom. The smallest absolute Gasteiger partial charge is 0.410 e. The van der Waals surface area contributed by atoms with Gasteiger partial charge in [-0.15, -0.1) is 0 Å². The third-order valence-electron chi connectivity index (χ3n) is 4.83. The molecule has 2 aromatic carbocycles. The first-order valence-corrected chi connectivity index (χ1v) is 10.3. The van der Waals surface area contributed by atoms with Gasteiger partial charge < -0.3 is 18.9 Å². The van der Waals surface area contributed by atoms with E-state index in [9.17, 15) is 4.79 Å². The van der Waals surface area contributed by atoms with Crippen LogP contribution in [0.5, 0.6) is 11.5 Å². The van der Waals surface area contributed by atoms with E-state index in [1.54, 1.807) is 12.0 Å². The number of nitrogens with zero attached hydrogens (tertiary/aromatic N) is 1. The Labute approximate surface area is 178 Å². The number of benzene rings is 2. The molecule has 1 heterocycles. The molecule has 1 fully saturated rings. The molecule has 0 spiro atoms. The van der Waals surface area contributed by atoms with Gasteiger partial charge in [0.15, 0.2) is 11.5 Å². The van der Waals surface area contributed by atoms with Crippen molar-refractivity contribution in [3.63, 3.8) is 0 Å². The second-order valence-electron chi connectivity index (χ2n) is 8.40. The summed E-state index contributed by atoms with van der Waals surface area (Å²) in [7, 11) is 1.61. The summed E-state index contributed by atoms with van der Waals surface area (Å²) < 4.78 is 23.1. The van der Waals surface area contributed by atoms with E-state index in [0.29, 0.717) is 37.7 Å². The molecule has 0 aromatic heterocycles. The Kier molecular flexibility index (Phi) is 7.21. The molecule has 6 heteroatoms. The zero-order chi connectivity index (χ0) is 21.6. The summed E-state index contributed by atoms with van der Waals surface area (Å²) >= 11 is 0. The Balaban J connectivity index is 1.66. The van der Waals surface area contributed by atoms with Crippen molar-refractivity contribution >= 4 is 6.09 Å². The lowest BCUT2D eigenvalue weighted by atomic mass is 10.2. The van der Waals surface area contributed by atoms with Crippen LogP contribution in [-0.2, 0) is 16.1 Å². The maximum Gasteiger partial charge on any atom is 0.410 e. The summed E-state index contributed by atoms with van der Waals surface area (Å²) in [5.41, 5.74) is 0.545. The second-order valence-corrected chi connectivity index (χ2v) is 8.40. The van der Waals surface area contributed by atoms with Gasteiger partial charge >= 0.3 is 6.09 Å². The largest absolute Gasteiger partial charge is 0.493 e. The fraction of sp³-hybridized carbons (Fsp3) is 0.458. The third-order valence-corrected chi connectivity index (χ3v) is 4.83. The highest BCUT2D eigenvalue weighted by atomic mass is 16.6. The van der Waals surface area contributed by atoms with E-state index in [2.05, 4.69) is 0 Å². The molecule has 2 unspecified atom stereocenters. The van der Waals surface area contributed by atoms with Crippen molar-refractivity contribution in [1.82, 2.24) is 4.90 Å². The number of amides is 1. The third kappa shape index (κ3) is 6.13. The van der Waals surface area contributed by atoms with Crippen molar-refractivity contribution in [3.8, 4) is 11.5 Å². The zero-order valence-corrected chi connectivity index (χ0v) is 18.2. The molecule has 0 N–H and O–H groups in total. The van der Waals surface area contributed by atoms with E-state index in [1.165, 1.54) is 0 Å². The number of carbonyl (C=O) groups is 1. The number of hydrogen-bond donors (Lipinski definition) is 0. The molecule has 6 nitrogen and oxygen atoms in total. The van der Waals surface area contributed by atoms with Crippen LogP contribution in [0.4, 0.5) is 4.79 Å². The highest BCUT2D eigenvalue weighted by Gasteiger charge is 2.38. The highest BCUT2D eigenvalue weighted by molar-refractivity contribution is 5.69. The minimum atomic E-state index is -0.561. The van der Waals surface area contributed by atoms with Crippen LogP contribution in [0.25, 0.3) is 0 Å².